The quantitative estimate of drug-likeness (QED) is 0.192. The molecule has 0 bridgehead atoms. The summed E-state index contributed by atoms with van der Waals surface area (Å²) in [4.78, 5) is 53.0. The predicted molar refractivity (Wildman–Crippen MR) is 134 cm³/mol. The second-order valence-corrected chi connectivity index (χ2v) is 10.5. The van der Waals surface area contributed by atoms with E-state index in [-0.39, 0.29) is 30.6 Å². The van der Waals surface area contributed by atoms with Gasteiger partial charge in [0, 0.05) is 23.1 Å². The first kappa shape index (κ1) is 26.8. The van der Waals surface area contributed by atoms with E-state index in [0.717, 1.165) is 32.0 Å². The Hall–Kier alpha value is -3.81. The summed E-state index contributed by atoms with van der Waals surface area (Å²) in [6, 6.07) is -0.349. The number of rotatable bonds is 5. The number of fused-ring (bicyclic) bond motifs is 3. The minimum absolute atomic E-state index is 0.0271. The number of nitrogens with one attached hydrogen (secondary N) is 2. The van der Waals surface area contributed by atoms with Crippen LogP contribution >= 0.6 is 0 Å². The van der Waals surface area contributed by atoms with Gasteiger partial charge in [0.05, 0.1) is 23.8 Å². The zero-order valence-corrected chi connectivity index (χ0v) is 21.1. The van der Waals surface area contributed by atoms with Gasteiger partial charge in [-0.2, -0.15) is 0 Å². The molecule has 1 aromatic carbocycles. The fourth-order valence-corrected chi connectivity index (χ4v) is 6.46. The van der Waals surface area contributed by atoms with E-state index in [1.54, 1.807) is 0 Å². The van der Waals surface area contributed by atoms with Crippen molar-refractivity contribution in [2.45, 2.75) is 37.3 Å². The third-order valence-electron chi connectivity index (χ3n) is 8.30. The monoisotopic (exact) mass is 544 g/mol. The van der Waals surface area contributed by atoms with Crippen molar-refractivity contribution in [3.63, 3.8) is 0 Å². The number of Topliss-reactive ketones (excluding diaryl/α,β-unsaturated/α-hetero) is 2. The van der Waals surface area contributed by atoms with Crippen LogP contribution < -0.4 is 16.4 Å². The van der Waals surface area contributed by atoms with Gasteiger partial charge in [-0.05, 0) is 51.7 Å². The largest absolute Gasteiger partial charge is 0.508 e. The number of aliphatic hydroxyl groups excluding tert-OH is 2. The van der Waals surface area contributed by atoms with Crippen molar-refractivity contribution in [1.29, 1.82) is 0 Å². The standard InChI is InChI=1S/C26H29FN4O8/c1-29-19-12-7-10-6-11-13(27)8-14(30-15(32)9-31-4-2-3-5-31)20(33)17(11)21(34)16(10)23(36)26(12,39)24(37)18(22(19)35)25(28)38/h8,10,12,19,29,33-34,37,39H,2-7,9H2,1H3,(H2,28,38)(H,30,32)/t10-,12-,19-,26-/m0/s1. The van der Waals surface area contributed by atoms with E-state index in [1.165, 1.54) is 7.05 Å². The minimum atomic E-state index is -2.79. The highest BCUT2D eigenvalue weighted by Gasteiger charge is 2.63. The molecule has 1 saturated carbocycles. The second kappa shape index (κ2) is 9.43. The topological polar surface area (TPSA) is 203 Å². The minimum Gasteiger partial charge on any atom is -0.508 e. The number of ketones is 2. The zero-order valence-electron chi connectivity index (χ0n) is 21.1. The van der Waals surface area contributed by atoms with Crippen molar-refractivity contribution >= 4 is 34.8 Å². The summed E-state index contributed by atoms with van der Waals surface area (Å²) in [5, 5.41) is 49.5. The Balaban J connectivity index is 1.59. The molecule has 5 rings (SSSR count). The predicted octanol–water partition coefficient (Wildman–Crippen LogP) is -0.205. The third-order valence-corrected chi connectivity index (χ3v) is 8.30. The molecule has 2 amide bonds. The Morgan fingerprint density at radius 1 is 1.21 bits per heavy atom. The Morgan fingerprint density at radius 2 is 1.87 bits per heavy atom. The summed E-state index contributed by atoms with van der Waals surface area (Å²) in [5.74, 6) is -9.70. The zero-order chi connectivity index (χ0) is 28.4. The number of nitrogens with zero attached hydrogens (tertiary/aromatic N) is 1. The lowest BCUT2D eigenvalue weighted by Crippen LogP contribution is -2.65. The highest BCUT2D eigenvalue weighted by atomic mass is 19.1. The van der Waals surface area contributed by atoms with Crippen molar-refractivity contribution in [3.8, 4) is 5.75 Å². The van der Waals surface area contributed by atoms with Crippen LogP contribution in [0.3, 0.4) is 0 Å². The number of phenols is 1. The molecule has 1 aromatic rings. The summed E-state index contributed by atoms with van der Waals surface area (Å²) >= 11 is 0. The number of likely N-dealkylation sites (N-methyl/N-ethyl adjacent to an activating group) is 1. The van der Waals surface area contributed by atoms with Crippen LogP contribution in [0.1, 0.15) is 30.4 Å². The number of likely N-dealkylation sites (tertiary alicyclic amines) is 1. The van der Waals surface area contributed by atoms with Gasteiger partial charge >= 0.3 is 0 Å². The summed E-state index contributed by atoms with van der Waals surface area (Å²) in [6.07, 6.45) is 1.55. The molecular weight excluding hydrogens is 515 g/mol. The fraction of sp³-hybridized carbons (Fsp3) is 0.462. The van der Waals surface area contributed by atoms with E-state index in [0.29, 0.717) is 0 Å². The van der Waals surface area contributed by atoms with Crippen LogP contribution in [0.25, 0.3) is 5.76 Å². The maximum absolute atomic E-state index is 15.3. The smallest absolute Gasteiger partial charge is 0.255 e. The summed E-state index contributed by atoms with van der Waals surface area (Å²) < 4.78 is 15.3. The highest BCUT2D eigenvalue weighted by Crippen LogP contribution is 2.53. The molecule has 0 aromatic heterocycles. The molecule has 8 N–H and O–H groups in total. The van der Waals surface area contributed by atoms with Gasteiger partial charge in [0.25, 0.3) is 5.91 Å². The third kappa shape index (κ3) is 3.91. The molecule has 208 valence electrons. The number of hydrogen-bond donors (Lipinski definition) is 7. The lowest BCUT2D eigenvalue weighted by atomic mass is 9.57. The molecule has 1 saturated heterocycles. The van der Waals surface area contributed by atoms with E-state index in [4.69, 9.17) is 5.73 Å². The van der Waals surface area contributed by atoms with Crippen molar-refractivity contribution in [2.24, 2.45) is 17.6 Å². The molecule has 13 heteroatoms. The van der Waals surface area contributed by atoms with Crippen molar-refractivity contribution in [1.82, 2.24) is 10.2 Å². The van der Waals surface area contributed by atoms with Crippen molar-refractivity contribution in [2.75, 3.05) is 32.0 Å². The van der Waals surface area contributed by atoms with Crippen LogP contribution in [-0.2, 0) is 25.6 Å². The molecule has 12 nitrogen and oxygen atoms in total. The van der Waals surface area contributed by atoms with Gasteiger partial charge in [0.15, 0.2) is 17.1 Å². The summed E-state index contributed by atoms with van der Waals surface area (Å²) in [6.45, 7) is 1.49. The molecule has 4 aliphatic rings. The molecule has 2 fully saturated rings. The first-order valence-electron chi connectivity index (χ1n) is 12.6. The lowest BCUT2D eigenvalue weighted by Gasteiger charge is -2.48. The molecule has 4 atom stereocenters. The van der Waals surface area contributed by atoms with Gasteiger partial charge in [-0.25, -0.2) is 4.39 Å². The van der Waals surface area contributed by atoms with Gasteiger partial charge in [-0.15, -0.1) is 0 Å². The normalized spacial score (nSPS) is 28.7. The Morgan fingerprint density at radius 3 is 2.49 bits per heavy atom. The Labute approximate surface area is 222 Å². The van der Waals surface area contributed by atoms with Crippen LogP contribution in [0.4, 0.5) is 10.1 Å². The molecule has 1 aliphatic heterocycles. The highest BCUT2D eigenvalue weighted by molar-refractivity contribution is 6.24. The van der Waals surface area contributed by atoms with Gasteiger partial charge in [0.2, 0.25) is 11.7 Å². The lowest BCUT2D eigenvalue weighted by molar-refractivity contribution is -0.150. The molecule has 0 spiro atoms. The van der Waals surface area contributed by atoms with Crippen molar-refractivity contribution in [3.05, 3.63) is 39.9 Å². The summed E-state index contributed by atoms with van der Waals surface area (Å²) in [5.41, 5.74) is 0.270. The van der Waals surface area contributed by atoms with E-state index >= 15 is 4.39 Å². The van der Waals surface area contributed by atoms with Gasteiger partial charge in [-0.1, -0.05) is 0 Å². The number of aromatic hydroxyl groups is 1. The van der Waals surface area contributed by atoms with Crippen LogP contribution in [0.5, 0.6) is 5.75 Å². The van der Waals surface area contributed by atoms with Crippen LogP contribution in [0, 0.1) is 17.7 Å². The first-order chi connectivity index (χ1) is 18.4. The summed E-state index contributed by atoms with van der Waals surface area (Å²) in [7, 11) is 1.37. The number of hydrogen-bond acceptors (Lipinski definition) is 10. The van der Waals surface area contributed by atoms with E-state index < -0.39 is 86.7 Å². The van der Waals surface area contributed by atoms with Crippen LogP contribution in [0.2, 0.25) is 0 Å². The number of benzene rings is 1. The van der Waals surface area contributed by atoms with Gasteiger partial charge in [-0.3, -0.25) is 24.1 Å². The van der Waals surface area contributed by atoms with Crippen LogP contribution in [0.15, 0.2) is 23.0 Å². The first-order valence-corrected chi connectivity index (χ1v) is 12.6. The average molecular weight is 545 g/mol. The Kier molecular flexibility index (Phi) is 6.48. The number of anilines is 1. The van der Waals surface area contributed by atoms with Gasteiger partial charge in [0.1, 0.15) is 22.9 Å². The number of amides is 2. The number of aliphatic hydroxyl groups is 3. The second-order valence-electron chi connectivity index (χ2n) is 10.5. The molecule has 3 aliphatic carbocycles. The SMILES string of the molecule is CN[C@@H]1C(=O)C(C(N)=O)=C(O)[C@@]2(O)C(=O)C3=C(O)c4c(O)c(NC(=O)CN5CCCC5)cc(F)c4C[C@H]3C[C@@H]12. The number of primary amides is 1. The van der Waals surface area contributed by atoms with Gasteiger partial charge < -0.3 is 36.8 Å². The molecule has 0 unspecified atom stereocenters. The van der Waals surface area contributed by atoms with Crippen LogP contribution in [-0.4, -0.2) is 87.0 Å². The maximum Gasteiger partial charge on any atom is 0.255 e. The van der Waals surface area contributed by atoms with E-state index in [1.807, 2.05) is 4.90 Å². The Bertz CT molecular complexity index is 1380. The van der Waals surface area contributed by atoms with E-state index in [9.17, 15) is 39.6 Å². The maximum atomic E-state index is 15.3. The molecular formula is C26H29FN4O8. The number of phenolic OH excluding ortho intramolecular Hbond substituents is 1. The van der Waals surface area contributed by atoms with E-state index in [2.05, 4.69) is 10.6 Å². The number of nitrogens with two attached hydrogens (primary N) is 1. The molecule has 1 heterocycles. The van der Waals surface area contributed by atoms with Crippen molar-refractivity contribution < 1.29 is 44.0 Å². The average Bonchev–Trinajstić information content (AvgIpc) is 3.37. The molecule has 39 heavy (non-hydrogen) atoms. The number of carbonyl (C=O) groups excluding carboxylic acids is 4. The number of carbonyl (C=O) groups is 4. The fourth-order valence-electron chi connectivity index (χ4n) is 6.46. The molecule has 0 radical (unpaired) electrons. The number of halogens is 1.